The quantitative estimate of drug-likeness (QED) is 0.499. The third-order valence-corrected chi connectivity index (χ3v) is 3.17. The Labute approximate surface area is 102 Å². The van der Waals surface area contributed by atoms with E-state index >= 15 is 0 Å². The molecule has 0 fully saturated rings. The number of pyridine rings is 1. The number of rotatable bonds is 3. The second-order valence-electron chi connectivity index (χ2n) is 2.57. The van der Waals surface area contributed by atoms with E-state index in [1.54, 1.807) is 0 Å². The fraction of sp³-hybridized carbons (Fsp3) is 0.375. The molecule has 0 radical (unpaired) electrons. The molecular weight excluding hydrogens is 371 g/mol. The second-order valence-corrected chi connectivity index (χ2v) is 4.15. The van der Waals surface area contributed by atoms with Gasteiger partial charge in [-0.25, -0.2) is 13.8 Å². The van der Waals surface area contributed by atoms with Crippen LogP contribution in [0.15, 0.2) is 6.07 Å². The lowest BCUT2D eigenvalue weighted by atomic mass is 10.1. The maximum atomic E-state index is 12.3. The maximum Gasteiger partial charge on any atom is 0.280 e. The standard InChI is InChI=1S/C8H7BrF2INO/c9-2-5-4(3-14)1-6(7(10)11)13-8(5)12/h1,7,14H,2-3H2. The van der Waals surface area contributed by atoms with Gasteiger partial charge in [-0.2, -0.15) is 0 Å². The van der Waals surface area contributed by atoms with E-state index in [-0.39, 0.29) is 12.3 Å². The minimum atomic E-state index is -2.60. The largest absolute Gasteiger partial charge is 0.392 e. The average molecular weight is 378 g/mol. The Bertz CT molecular complexity index is 335. The van der Waals surface area contributed by atoms with Gasteiger partial charge in [-0.15, -0.1) is 0 Å². The molecule has 0 aliphatic heterocycles. The Morgan fingerprint density at radius 2 is 2.21 bits per heavy atom. The molecular formula is C8H7BrF2INO. The van der Waals surface area contributed by atoms with Gasteiger partial charge < -0.3 is 5.11 Å². The van der Waals surface area contributed by atoms with Crippen LogP contribution in [0, 0.1) is 3.70 Å². The highest BCUT2D eigenvalue weighted by Crippen LogP contribution is 2.24. The monoisotopic (exact) mass is 377 g/mol. The summed E-state index contributed by atoms with van der Waals surface area (Å²) in [6, 6.07) is 1.24. The summed E-state index contributed by atoms with van der Waals surface area (Å²) in [5.41, 5.74) is 0.970. The van der Waals surface area contributed by atoms with E-state index < -0.39 is 6.43 Å². The molecule has 0 atom stereocenters. The van der Waals surface area contributed by atoms with Crippen LogP contribution in [0.25, 0.3) is 0 Å². The predicted molar refractivity (Wildman–Crippen MR) is 60.5 cm³/mol. The summed E-state index contributed by atoms with van der Waals surface area (Å²) in [5.74, 6) is 0. The van der Waals surface area contributed by atoms with E-state index in [1.807, 2.05) is 22.6 Å². The molecule has 78 valence electrons. The second kappa shape index (κ2) is 5.32. The molecule has 1 aromatic rings. The van der Waals surface area contributed by atoms with Crippen LogP contribution in [-0.2, 0) is 11.9 Å². The van der Waals surface area contributed by atoms with Gasteiger partial charge in [-0.05, 0) is 34.2 Å². The van der Waals surface area contributed by atoms with Crippen molar-refractivity contribution in [3.8, 4) is 0 Å². The Kier molecular flexibility index (Phi) is 4.65. The SMILES string of the molecule is OCc1cc(C(F)F)nc(I)c1CBr. The zero-order valence-electron chi connectivity index (χ0n) is 6.98. The summed E-state index contributed by atoms with van der Waals surface area (Å²) >= 11 is 5.10. The lowest BCUT2D eigenvalue weighted by Crippen LogP contribution is -2.02. The van der Waals surface area contributed by atoms with Crippen LogP contribution >= 0.6 is 38.5 Å². The van der Waals surface area contributed by atoms with Crippen LogP contribution in [0.2, 0.25) is 0 Å². The van der Waals surface area contributed by atoms with E-state index in [1.165, 1.54) is 6.07 Å². The third-order valence-electron chi connectivity index (χ3n) is 1.71. The van der Waals surface area contributed by atoms with Crippen molar-refractivity contribution in [2.24, 2.45) is 0 Å². The lowest BCUT2D eigenvalue weighted by molar-refractivity contribution is 0.145. The lowest BCUT2D eigenvalue weighted by Gasteiger charge is -2.09. The summed E-state index contributed by atoms with van der Waals surface area (Å²) < 4.78 is 25.2. The van der Waals surface area contributed by atoms with E-state index in [0.29, 0.717) is 14.6 Å². The molecule has 0 spiro atoms. The number of aliphatic hydroxyl groups excluding tert-OH is 1. The fourth-order valence-corrected chi connectivity index (χ4v) is 2.97. The van der Waals surface area contributed by atoms with Crippen molar-refractivity contribution >= 4 is 38.5 Å². The van der Waals surface area contributed by atoms with Gasteiger partial charge in [0.25, 0.3) is 6.43 Å². The predicted octanol–water partition coefficient (Wildman–Crippen LogP) is 3.01. The number of hydrogen-bond donors (Lipinski definition) is 1. The number of alkyl halides is 3. The van der Waals surface area contributed by atoms with Crippen LogP contribution in [0.1, 0.15) is 23.2 Å². The molecule has 1 heterocycles. The Morgan fingerprint density at radius 1 is 1.57 bits per heavy atom. The molecule has 0 saturated heterocycles. The number of aliphatic hydroxyl groups is 1. The molecule has 0 saturated carbocycles. The van der Waals surface area contributed by atoms with E-state index in [9.17, 15) is 8.78 Å². The van der Waals surface area contributed by atoms with Gasteiger partial charge in [0.05, 0.1) is 6.61 Å². The van der Waals surface area contributed by atoms with Crippen molar-refractivity contribution in [3.63, 3.8) is 0 Å². The van der Waals surface area contributed by atoms with Gasteiger partial charge in [-0.3, -0.25) is 0 Å². The molecule has 0 aliphatic rings. The van der Waals surface area contributed by atoms with Gasteiger partial charge in [0.1, 0.15) is 9.39 Å². The number of hydrogen-bond acceptors (Lipinski definition) is 2. The molecule has 2 nitrogen and oxygen atoms in total. The van der Waals surface area contributed by atoms with E-state index in [0.717, 1.165) is 5.56 Å². The van der Waals surface area contributed by atoms with Crippen LogP contribution < -0.4 is 0 Å². The summed E-state index contributed by atoms with van der Waals surface area (Å²) in [7, 11) is 0. The first kappa shape index (κ1) is 12.3. The highest BCUT2D eigenvalue weighted by Gasteiger charge is 2.14. The zero-order valence-corrected chi connectivity index (χ0v) is 10.7. The Hall–Kier alpha value is 0.180. The molecule has 1 aromatic heterocycles. The van der Waals surface area contributed by atoms with Crippen LogP contribution in [-0.4, -0.2) is 10.1 Å². The molecule has 1 N–H and O–H groups in total. The molecule has 1 rings (SSSR count). The molecule has 6 heteroatoms. The molecule has 0 aromatic carbocycles. The third kappa shape index (κ3) is 2.60. The van der Waals surface area contributed by atoms with E-state index in [4.69, 9.17) is 5.11 Å². The highest BCUT2D eigenvalue weighted by atomic mass is 127. The summed E-state index contributed by atoms with van der Waals surface area (Å²) in [6.45, 7) is -0.251. The first-order chi connectivity index (χ1) is 6.60. The van der Waals surface area contributed by atoms with Gasteiger partial charge >= 0.3 is 0 Å². The average Bonchev–Trinajstić information content (AvgIpc) is 2.16. The molecule has 14 heavy (non-hydrogen) atoms. The van der Waals surface area contributed by atoms with Crippen molar-refractivity contribution in [2.75, 3.05) is 0 Å². The van der Waals surface area contributed by atoms with Crippen molar-refractivity contribution in [2.45, 2.75) is 18.4 Å². The topological polar surface area (TPSA) is 33.1 Å². The first-order valence-electron chi connectivity index (χ1n) is 3.73. The normalized spacial score (nSPS) is 11.0. The molecule has 0 unspecified atom stereocenters. The molecule has 0 aliphatic carbocycles. The maximum absolute atomic E-state index is 12.3. The van der Waals surface area contributed by atoms with Gasteiger partial charge in [-0.1, -0.05) is 15.9 Å². The summed E-state index contributed by atoms with van der Waals surface area (Å²) in [4.78, 5) is 3.75. The van der Waals surface area contributed by atoms with Crippen molar-refractivity contribution in [1.82, 2.24) is 4.98 Å². The van der Waals surface area contributed by atoms with Crippen molar-refractivity contribution < 1.29 is 13.9 Å². The van der Waals surface area contributed by atoms with Crippen LogP contribution in [0.4, 0.5) is 8.78 Å². The highest BCUT2D eigenvalue weighted by molar-refractivity contribution is 14.1. The van der Waals surface area contributed by atoms with Crippen LogP contribution in [0.3, 0.4) is 0 Å². The Morgan fingerprint density at radius 3 is 2.64 bits per heavy atom. The number of aromatic nitrogens is 1. The molecule has 0 amide bonds. The zero-order chi connectivity index (χ0) is 10.7. The van der Waals surface area contributed by atoms with Crippen molar-refractivity contribution in [3.05, 3.63) is 26.6 Å². The Balaban J connectivity index is 3.24. The van der Waals surface area contributed by atoms with Gasteiger partial charge in [0.2, 0.25) is 0 Å². The van der Waals surface area contributed by atoms with Crippen molar-refractivity contribution in [1.29, 1.82) is 0 Å². The number of nitrogens with zero attached hydrogens (tertiary/aromatic N) is 1. The van der Waals surface area contributed by atoms with Gasteiger partial charge in [0, 0.05) is 10.9 Å². The first-order valence-corrected chi connectivity index (χ1v) is 5.93. The van der Waals surface area contributed by atoms with Gasteiger partial charge in [0.15, 0.2) is 0 Å². The van der Waals surface area contributed by atoms with E-state index in [2.05, 4.69) is 20.9 Å². The summed E-state index contributed by atoms with van der Waals surface area (Å²) in [6.07, 6.45) is -2.60. The minimum absolute atomic E-state index is 0.251. The smallest absolute Gasteiger partial charge is 0.280 e. The van der Waals surface area contributed by atoms with Crippen LogP contribution in [0.5, 0.6) is 0 Å². The minimum Gasteiger partial charge on any atom is -0.392 e. The molecule has 0 bridgehead atoms. The fourth-order valence-electron chi connectivity index (χ4n) is 1.01. The summed E-state index contributed by atoms with van der Waals surface area (Å²) in [5, 5.41) is 9.48. The number of halogens is 4.